The van der Waals surface area contributed by atoms with E-state index in [1.54, 1.807) is 12.1 Å². The summed E-state index contributed by atoms with van der Waals surface area (Å²) in [6.07, 6.45) is 3.37. The standard InChI is InChI=1S/C13H18N2O2/c1-8-3-2-4-11(8)15-13(17)9-5-6-10(14)12(16)7-9/h5-8,11,16H,2-4,14H2,1H3,(H,15,17). The number of anilines is 1. The summed E-state index contributed by atoms with van der Waals surface area (Å²) in [5.74, 6) is 0.345. The maximum absolute atomic E-state index is 11.9. The topological polar surface area (TPSA) is 75.4 Å². The van der Waals surface area contributed by atoms with Gasteiger partial charge in [0.05, 0.1) is 5.69 Å². The fourth-order valence-electron chi connectivity index (χ4n) is 2.30. The van der Waals surface area contributed by atoms with Crippen LogP contribution in [0.1, 0.15) is 36.5 Å². The molecule has 0 saturated heterocycles. The summed E-state index contributed by atoms with van der Waals surface area (Å²) in [6.45, 7) is 2.15. The third-order valence-electron chi connectivity index (χ3n) is 3.47. The summed E-state index contributed by atoms with van der Waals surface area (Å²) >= 11 is 0. The van der Waals surface area contributed by atoms with E-state index in [0.717, 1.165) is 12.8 Å². The van der Waals surface area contributed by atoms with E-state index in [-0.39, 0.29) is 23.4 Å². The Hall–Kier alpha value is -1.71. The van der Waals surface area contributed by atoms with Crippen LogP contribution in [0.4, 0.5) is 5.69 Å². The van der Waals surface area contributed by atoms with Crippen molar-refractivity contribution in [3.8, 4) is 5.75 Å². The molecule has 1 aliphatic carbocycles. The SMILES string of the molecule is CC1CCCC1NC(=O)c1ccc(N)c(O)c1. The highest BCUT2D eigenvalue weighted by atomic mass is 16.3. The Bertz CT molecular complexity index is 431. The van der Waals surface area contributed by atoms with Crippen LogP contribution in [-0.2, 0) is 0 Å². The molecule has 92 valence electrons. The van der Waals surface area contributed by atoms with E-state index in [1.807, 2.05) is 0 Å². The fraction of sp³-hybridized carbons (Fsp3) is 0.462. The zero-order chi connectivity index (χ0) is 12.4. The van der Waals surface area contributed by atoms with Crippen LogP contribution in [0, 0.1) is 5.92 Å². The van der Waals surface area contributed by atoms with E-state index in [9.17, 15) is 9.90 Å². The van der Waals surface area contributed by atoms with Gasteiger partial charge in [-0.1, -0.05) is 13.3 Å². The number of phenols is 1. The number of hydrogen-bond donors (Lipinski definition) is 3. The molecule has 1 aromatic rings. The van der Waals surface area contributed by atoms with Crippen molar-refractivity contribution in [3.05, 3.63) is 23.8 Å². The number of hydrogen-bond acceptors (Lipinski definition) is 3. The maximum Gasteiger partial charge on any atom is 0.251 e. The Morgan fingerprint density at radius 1 is 1.47 bits per heavy atom. The lowest BCUT2D eigenvalue weighted by Gasteiger charge is -2.17. The summed E-state index contributed by atoms with van der Waals surface area (Å²) in [4.78, 5) is 11.9. The van der Waals surface area contributed by atoms with E-state index in [1.165, 1.54) is 12.5 Å². The Morgan fingerprint density at radius 3 is 2.82 bits per heavy atom. The van der Waals surface area contributed by atoms with E-state index >= 15 is 0 Å². The molecule has 0 radical (unpaired) electrons. The first-order valence-corrected chi connectivity index (χ1v) is 5.97. The zero-order valence-electron chi connectivity index (χ0n) is 9.94. The van der Waals surface area contributed by atoms with Crippen LogP contribution in [0.25, 0.3) is 0 Å². The van der Waals surface area contributed by atoms with Crippen LogP contribution in [0.5, 0.6) is 5.75 Å². The van der Waals surface area contributed by atoms with E-state index < -0.39 is 0 Å². The van der Waals surface area contributed by atoms with E-state index in [2.05, 4.69) is 12.2 Å². The Balaban J connectivity index is 2.06. The van der Waals surface area contributed by atoms with Gasteiger partial charge in [0.25, 0.3) is 5.91 Å². The van der Waals surface area contributed by atoms with Gasteiger partial charge in [0.2, 0.25) is 0 Å². The number of rotatable bonds is 2. The normalized spacial score (nSPS) is 23.6. The molecule has 2 unspecified atom stereocenters. The van der Waals surface area contributed by atoms with Gasteiger partial charge in [-0.25, -0.2) is 0 Å². The Kier molecular flexibility index (Phi) is 3.22. The van der Waals surface area contributed by atoms with Crippen LogP contribution in [0.15, 0.2) is 18.2 Å². The van der Waals surface area contributed by atoms with Gasteiger partial charge in [0.15, 0.2) is 0 Å². The predicted octanol–water partition coefficient (Wildman–Crippen LogP) is 1.89. The second-order valence-corrected chi connectivity index (χ2v) is 4.76. The molecule has 1 aromatic carbocycles. The number of carbonyl (C=O) groups is 1. The Morgan fingerprint density at radius 2 is 2.24 bits per heavy atom. The van der Waals surface area contributed by atoms with Crippen LogP contribution in [0.2, 0.25) is 0 Å². The van der Waals surface area contributed by atoms with Gasteiger partial charge in [0, 0.05) is 11.6 Å². The summed E-state index contributed by atoms with van der Waals surface area (Å²) in [7, 11) is 0. The number of nitrogens with two attached hydrogens (primary N) is 1. The average Bonchev–Trinajstić information content (AvgIpc) is 2.68. The highest BCUT2D eigenvalue weighted by Crippen LogP contribution is 2.26. The van der Waals surface area contributed by atoms with Crippen LogP contribution < -0.4 is 11.1 Å². The molecular weight excluding hydrogens is 216 g/mol. The molecule has 2 rings (SSSR count). The molecule has 1 saturated carbocycles. The lowest BCUT2D eigenvalue weighted by molar-refractivity contribution is 0.0929. The summed E-state index contributed by atoms with van der Waals surface area (Å²) in [5.41, 5.74) is 6.24. The molecule has 0 heterocycles. The molecule has 0 bridgehead atoms. The van der Waals surface area contributed by atoms with Crippen molar-refractivity contribution < 1.29 is 9.90 Å². The number of benzene rings is 1. The van der Waals surface area contributed by atoms with Crippen LogP contribution in [-0.4, -0.2) is 17.1 Å². The first kappa shape index (κ1) is 11.8. The van der Waals surface area contributed by atoms with Gasteiger partial charge in [-0.15, -0.1) is 0 Å². The highest BCUT2D eigenvalue weighted by Gasteiger charge is 2.25. The van der Waals surface area contributed by atoms with Gasteiger partial charge >= 0.3 is 0 Å². The van der Waals surface area contributed by atoms with E-state index in [4.69, 9.17) is 5.73 Å². The van der Waals surface area contributed by atoms with Crippen molar-refractivity contribution in [2.24, 2.45) is 5.92 Å². The largest absolute Gasteiger partial charge is 0.506 e. The molecule has 4 nitrogen and oxygen atoms in total. The molecule has 0 spiro atoms. The maximum atomic E-state index is 11.9. The number of amides is 1. The number of aromatic hydroxyl groups is 1. The van der Waals surface area contributed by atoms with Crippen molar-refractivity contribution in [1.82, 2.24) is 5.32 Å². The minimum absolute atomic E-state index is 0.0443. The number of carbonyl (C=O) groups excluding carboxylic acids is 1. The van der Waals surface area contributed by atoms with Crippen molar-refractivity contribution in [3.63, 3.8) is 0 Å². The molecular formula is C13H18N2O2. The molecule has 1 amide bonds. The quantitative estimate of drug-likeness (QED) is 0.540. The Labute approximate surface area is 101 Å². The highest BCUT2D eigenvalue weighted by molar-refractivity contribution is 5.95. The van der Waals surface area contributed by atoms with Gasteiger partial charge < -0.3 is 16.2 Å². The van der Waals surface area contributed by atoms with Crippen molar-refractivity contribution in [2.75, 3.05) is 5.73 Å². The monoisotopic (exact) mass is 234 g/mol. The predicted molar refractivity (Wildman–Crippen MR) is 66.8 cm³/mol. The van der Waals surface area contributed by atoms with Gasteiger partial charge in [0.1, 0.15) is 5.75 Å². The smallest absolute Gasteiger partial charge is 0.251 e. The first-order valence-electron chi connectivity index (χ1n) is 5.97. The lowest BCUT2D eigenvalue weighted by atomic mass is 10.1. The van der Waals surface area contributed by atoms with Crippen molar-refractivity contribution >= 4 is 11.6 Å². The molecule has 1 fully saturated rings. The third-order valence-corrected chi connectivity index (χ3v) is 3.47. The molecule has 17 heavy (non-hydrogen) atoms. The second kappa shape index (κ2) is 4.65. The number of nitrogen functional groups attached to an aromatic ring is 1. The van der Waals surface area contributed by atoms with Gasteiger partial charge in [-0.05, 0) is 37.0 Å². The second-order valence-electron chi connectivity index (χ2n) is 4.76. The average molecular weight is 234 g/mol. The molecule has 2 atom stereocenters. The van der Waals surface area contributed by atoms with Crippen LogP contribution in [0.3, 0.4) is 0 Å². The zero-order valence-corrected chi connectivity index (χ0v) is 9.94. The third kappa shape index (κ3) is 2.52. The summed E-state index contributed by atoms with van der Waals surface area (Å²) in [6, 6.07) is 4.83. The minimum Gasteiger partial charge on any atom is -0.506 e. The number of nitrogens with one attached hydrogen (secondary N) is 1. The lowest BCUT2D eigenvalue weighted by Crippen LogP contribution is -2.36. The molecule has 4 N–H and O–H groups in total. The molecule has 0 aliphatic heterocycles. The summed E-state index contributed by atoms with van der Waals surface area (Å²) in [5, 5.41) is 12.5. The van der Waals surface area contributed by atoms with Crippen LogP contribution >= 0.6 is 0 Å². The molecule has 0 aromatic heterocycles. The molecule has 4 heteroatoms. The van der Waals surface area contributed by atoms with Crippen molar-refractivity contribution in [2.45, 2.75) is 32.2 Å². The fourth-order valence-corrected chi connectivity index (χ4v) is 2.30. The molecule has 1 aliphatic rings. The van der Waals surface area contributed by atoms with E-state index in [0.29, 0.717) is 11.5 Å². The van der Waals surface area contributed by atoms with Gasteiger partial charge in [-0.3, -0.25) is 4.79 Å². The first-order chi connectivity index (χ1) is 8.08. The summed E-state index contributed by atoms with van der Waals surface area (Å²) < 4.78 is 0. The minimum atomic E-state index is -0.140. The van der Waals surface area contributed by atoms with Gasteiger partial charge in [-0.2, -0.15) is 0 Å². The number of phenolic OH excluding ortho intramolecular Hbond substituents is 1. The van der Waals surface area contributed by atoms with Crippen molar-refractivity contribution in [1.29, 1.82) is 0 Å².